The molecule has 148 valence electrons. The van der Waals surface area contributed by atoms with Gasteiger partial charge in [-0.1, -0.05) is 12.1 Å². The van der Waals surface area contributed by atoms with Crippen LogP contribution in [0, 0.1) is 0 Å². The van der Waals surface area contributed by atoms with Crippen molar-refractivity contribution in [3.8, 4) is 0 Å². The van der Waals surface area contributed by atoms with Gasteiger partial charge >= 0.3 is 5.97 Å². The Bertz CT molecular complexity index is 815. The minimum Gasteiger partial charge on any atom is -0.465 e. The number of nitrogens with zero attached hydrogens (tertiary/aromatic N) is 1. The number of amides is 2. The summed E-state index contributed by atoms with van der Waals surface area (Å²) in [4.78, 5) is 36.7. The van der Waals surface area contributed by atoms with Crippen LogP contribution in [0.25, 0.3) is 0 Å². The van der Waals surface area contributed by atoms with Gasteiger partial charge in [0, 0.05) is 31.9 Å². The van der Waals surface area contributed by atoms with E-state index >= 15 is 0 Å². The zero-order valence-electron chi connectivity index (χ0n) is 16.3. The number of ether oxygens (including phenoxy) is 1. The van der Waals surface area contributed by atoms with Crippen LogP contribution in [0.5, 0.6) is 0 Å². The molecule has 2 rings (SSSR count). The summed E-state index contributed by atoms with van der Waals surface area (Å²) in [6.45, 7) is 0.108. The number of carbonyl (C=O) groups excluding carboxylic acids is 3. The van der Waals surface area contributed by atoms with Crippen molar-refractivity contribution in [3.63, 3.8) is 0 Å². The summed E-state index contributed by atoms with van der Waals surface area (Å²) in [5.74, 6) is -0.529. The van der Waals surface area contributed by atoms with Crippen LogP contribution in [-0.2, 0) is 20.7 Å². The molecular formula is C21H25N3O4. The fourth-order valence-corrected chi connectivity index (χ4v) is 2.46. The molecule has 2 N–H and O–H groups in total. The number of carbonyl (C=O) groups is 3. The van der Waals surface area contributed by atoms with E-state index in [9.17, 15) is 14.4 Å². The quantitative estimate of drug-likeness (QED) is 0.684. The minimum atomic E-state index is -0.422. The Kier molecular flexibility index (Phi) is 7.56. The van der Waals surface area contributed by atoms with Crippen LogP contribution in [0.15, 0.2) is 48.5 Å². The molecule has 0 fully saturated rings. The first-order valence-corrected chi connectivity index (χ1v) is 8.90. The molecule has 0 spiro atoms. The number of rotatable bonds is 8. The highest BCUT2D eigenvalue weighted by atomic mass is 16.5. The lowest BCUT2D eigenvalue weighted by Gasteiger charge is -2.11. The molecule has 0 aliphatic heterocycles. The summed E-state index contributed by atoms with van der Waals surface area (Å²) in [7, 11) is 4.81. The van der Waals surface area contributed by atoms with E-state index in [-0.39, 0.29) is 18.4 Å². The van der Waals surface area contributed by atoms with Gasteiger partial charge in [-0.05, 0) is 48.4 Å². The lowest BCUT2D eigenvalue weighted by molar-refractivity contribution is -0.128. The Hall–Kier alpha value is -3.35. The summed E-state index contributed by atoms with van der Waals surface area (Å²) in [6.07, 6.45) is 1.15. The van der Waals surface area contributed by atoms with E-state index in [1.54, 1.807) is 43.3 Å². The number of anilines is 2. The van der Waals surface area contributed by atoms with E-state index in [0.717, 1.165) is 11.3 Å². The molecule has 28 heavy (non-hydrogen) atoms. The average molecular weight is 383 g/mol. The summed E-state index contributed by atoms with van der Waals surface area (Å²) in [6, 6.07) is 14.1. The first kappa shape index (κ1) is 21.0. The number of benzene rings is 2. The molecule has 2 aromatic rings. The SMILES string of the molecule is COC(=O)c1ccc(NC(=O)CNc2ccc(CCC(=O)N(C)C)cc2)cc1. The van der Waals surface area contributed by atoms with Gasteiger partial charge in [0.2, 0.25) is 11.8 Å². The zero-order chi connectivity index (χ0) is 20.5. The summed E-state index contributed by atoms with van der Waals surface area (Å²) < 4.78 is 4.64. The number of nitrogens with one attached hydrogen (secondary N) is 2. The molecule has 7 nitrogen and oxygen atoms in total. The first-order chi connectivity index (χ1) is 13.4. The third-order valence-corrected chi connectivity index (χ3v) is 4.12. The Balaban J connectivity index is 1.79. The highest BCUT2D eigenvalue weighted by molar-refractivity contribution is 5.95. The van der Waals surface area contributed by atoms with E-state index in [0.29, 0.717) is 24.1 Å². The monoisotopic (exact) mass is 383 g/mol. The van der Waals surface area contributed by atoms with Gasteiger partial charge in [-0.15, -0.1) is 0 Å². The molecule has 0 unspecified atom stereocenters. The van der Waals surface area contributed by atoms with Gasteiger partial charge in [0.1, 0.15) is 0 Å². The van der Waals surface area contributed by atoms with E-state index in [4.69, 9.17) is 0 Å². The van der Waals surface area contributed by atoms with Crippen molar-refractivity contribution in [1.82, 2.24) is 4.90 Å². The van der Waals surface area contributed by atoms with Crippen LogP contribution in [0.1, 0.15) is 22.3 Å². The smallest absolute Gasteiger partial charge is 0.337 e. The van der Waals surface area contributed by atoms with Crippen molar-refractivity contribution >= 4 is 29.2 Å². The van der Waals surface area contributed by atoms with Crippen molar-refractivity contribution in [3.05, 3.63) is 59.7 Å². The standard InChI is InChI=1S/C21H25N3O4/c1-24(2)20(26)13-6-15-4-9-17(10-5-15)22-14-19(25)23-18-11-7-16(8-12-18)21(27)28-3/h4-5,7-12,22H,6,13-14H2,1-3H3,(H,23,25). The second kappa shape index (κ2) is 10.1. The topological polar surface area (TPSA) is 87.7 Å². The van der Waals surface area contributed by atoms with Gasteiger partial charge in [0.05, 0.1) is 19.2 Å². The Morgan fingerprint density at radius 2 is 1.54 bits per heavy atom. The Morgan fingerprint density at radius 3 is 2.11 bits per heavy atom. The normalized spacial score (nSPS) is 10.1. The maximum absolute atomic E-state index is 12.1. The maximum Gasteiger partial charge on any atom is 0.337 e. The van der Waals surface area contributed by atoms with Crippen molar-refractivity contribution in [2.45, 2.75) is 12.8 Å². The molecule has 0 aromatic heterocycles. The molecule has 0 bridgehead atoms. The van der Waals surface area contributed by atoms with Gasteiger partial charge in [0.15, 0.2) is 0 Å². The van der Waals surface area contributed by atoms with Crippen LogP contribution in [-0.4, -0.2) is 50.4 Å². The van der Waals surface area contributed by atoms with Gasteiger partial charge in [-0.2, -0.15) is 0 Å². The largest absolute Gasteiger partial charge is 0.465 e. The summed E-state index contributed by atoms with van der Waals surface area (Å²) >= 11 is 0. The van der Waals surface area contributed by atoms with Gasteiger partial charge < -0.3 is 20.3 Å². The third-order valence-electron chi connectivity index (χ3n) is 4.12. The molecular weight excluding hydrogens is 358 g/mol. The zero-order valence-corrected chi connectivity index (χ0v) is 16.3. The first-order valence-electron chi connectivity index (χ1n) is 8.90. The summed E-state index contributed by atoms with van der Waals surface area (Å²) in [5.41, 5.74) is 2.90. The van der Waals surface area contributed by atoms with Crippen molar-refractivity contribution in [1.29, 1.82) is 0 Å². The third kappa shape index (κ3) is 6.42. The lowest BCUT2D eigenvalue weighted by Crippen LogP contribution is -2.22. The number of methoxy groups -OCH3 is 1. The van der Waals surface area contributed by atoms with Crippen LogP contribution in [0.4, 0.5) is 11.4 Å². The van der Waals surface area contributed by atoms with Gasteiger partial charge in [-0.3, -0.25) is 9.59 Å². The van der Waals surface area contributed by atoms with E-state index < -0.39 is 5.97 Å². The highest BCUT2D eigenvalue weighted by Crippen LogP contribution is 2.13. The molecule has 0 saturated heterocycles. The Morgan fingerprint density at radius 1 is 0.929 bits per heavy atom. The second-order valence-corrected chi connectivity index (χ2v) is 6.46. The molecule has 0 aliphatic carbocycles. The molecule has 0 heterocycles. The molecule has 0 radical (unpaired) electrons. The fraction of sp³-hybridized carbons (Fsp3) is 0.286. The van der Waals surface area contributed by atoms with Crippen LogP contribution in [0.3, 0.4) is 0 Å². The van der Waals surface area contributed by atoms with Crippen molar-refractivity contribution < 1.29 is 19.1 Å². The van der Waals surface area contributed by atoms with Gasteiger partial charge in [-0.25, -0.2) is 4.79 Å². The van der Waals surface area contributed by atoms with E-state index in [1.165, 1.54) is 7.11 Å². The predicted octanol–water partition coefficient (Wildman–Crippen LogP) is 2.54. The van der Waals surface area contributed by atoms with Crippen molar-refractivity contribution in [2.75, 3.05) is 38.4 Å². The molecule has 0 saturated carbocycles. The predicted molar refractivity (Wildman–Crippen MR) is 108 cm³/mol. The number of aryl methyl sites for hydroxylation is 1. The van der Waals surface area contributed by atoms with E-state index in [2.05, 4.69) is 15.4 Å². The second-order valence-electron chi connectivity index (χ2n) is 6.46. The highest BCUT2D eigenvalue weighted by Gasteiger charge is 2.07. The van der Waals surface area contributed by atoms with Crippen molar-refractivity contribution in [2.24, 2.45) is 0 Å². The van der Waals surface area contributed by atoms with Crippen LogP contribution < -0.4 is 10.6 Å². The molecule has 0 atom stereocenters. The van der Waals surface area contributed by atoms with Gasteiger partial charge in [0.25, 0.3) is 0 Å². The number of hydrogen-bond acceptors (Lipinski definition) is 5. The van der Waals surface area contributed by atoms with Crippen LogP contribution in [0.2, 0.25) is 0 Å². The Labute approximate surface area is 164 Å². The maximum atomic E-state index is 12.1. The molecule has 2 amide bonds. The number of hydrogen-bond donors (Lipinski definition) is 2. The molecule has 2 aromatic carbocycles. The average Bonchev–Trinajstić information content (AvgIpc) is 2.71. The number of esters is 1. The minimum absolute atomic E-state index is 0.0958. The molecule has 7 heteroatoms. The molecule has 0 aliphatic rings. The lowest BCUT2D eigenvalue weighted by atomic mass is 10.1. The van der Waals surface area contributed by atoms with E-state index in [1.807, 2.05) is 24.3 Å². The van der Waals surface area contributed by atoms with Crippen LogP contribution >= 0.6 is 0 Å². The summed E-state index contributed by atoms with van der Waals surface area (Å²) in [5, 5.41) is 5.81. The fourth-order valence-electron chi connectivity index (χ4n) is 2.46.